The lowest BCUT2D eigenvalue weighted by Gasteiger charge is -2.36. The van der Waals surface area contributed by atoms with Crippen LogP contribution in [0.1, 0.15) is 56.5 Å². The number of nitrogens with zero attached hydrogens (tertiary/aromatic N) is 3. The summed E-state index contributed by atoms with van der Waals surface area (Å²) >= 11 is 0. The van der Waals surface area contributed by atoms with E-state index < -0.39 is 30.0 Å². The number of carbonyl (C=O) groups excluding carboxylic acids is 4. The van der Waals surface area contributed by atoms with E-state index in [4.69, 9.17) is 5.73 Å². The van der Waals surface area contributed by atoms with Gasteiger partial charge in [-0.3, -0.25) is 34.3 Å². The lowest BCUT2D eigenvalue weighted by atomic mass is 10.0. The summed E-state index contributed by atoms with van der Waals surface area (Å²) in [5.41, 5.74) is 10.6. The van der Waals surface area contributed by atoms with Gasteiger partial charge in [-0.25, -0.2) is 0 Å². The fourth-order valence-electron chi connectivity index (χ4n) is 6.05. The highest BCUT2D eigenvalue weighted by atomic mass is 16.3. The molecule has 4 amide bonds. The van der Waals surface area contributed by atoms with Crippen LogP contribution in [0.2, 0.25) is 0 Å². The van der Waals surface area contributed by atoms with Gasteiger partial charge < -0.3 is 21.1 Å². The molecule has 2 fully saturated rings. The van der Waals surface area contributed by atoms with Crippen molar-refractivity contribution < 1.29 is 24.3 Å². The Morgan fingerprint density at radius 3 is 2.30 bits per heavy atom. The number of aliphatic hydroxyl groups excluding tert-OH is 1. The minimum absolute atomic E-state index is 0.120. The Hall–Kier alpha value is -4.74. The summed E-state index contributed by atoms with van der Waals surface area (Å²) in [6.45, 7) is 4.99. The number of piperazine rings is 1. The quantitative estimate of drug-likeness (QED) is 0.295. The van der Waals surface area contributed by atoms with E-state index in [0.29, 0.717) is 28.9 Å². The van der Waals surface area contributed by atoms with Crippen molar-refractivity contribution in [1.82, 2.24) is 15.1 Å². The monoisotopic (exact) mass is 582 g/mol. The van der Waals surface area contributed by atoms with E-state index in [9.17, 15) is 24.3 Å². The van der Waals surface area contributed by atoms with Gasteiger partial charge in [0.05, 0.1) is 0 Å². The molecule has 222 valence electrons. The second kappa shape index (κ2) is 11.9. The lowest BCUT2D eigenvalue weighted by Crippen LogP contribution is -2.53. The molecule has 2 unspecified atom stereocenters. The van der Waals surface area contributed by atoms with Gasteiger partial charge in [-0.1, -0.05) is 30.3 Å². The second-order valence-corrected chi connectivity index (χ2v) is 11.2. The highest BCUT2D eigenvalue weighted by molar-refractivity contribution is 6.06. The highest BCUT2D eigenvalue weighted by Gasteiger charge is 2.45. The van der Waals surface area contributed by atoms with Crippen LogP contribution in [-0.2, 0) is 22.7 Å². The zero-order valence-electron chi connectivity index (χ0n) is 23.7. The Morgan fingerprint density at radius 1 is 0.930 bits per heavy atom. The van der Waals surface area contributed by atoms with E-state index >= 15 is 0 Å². The summed E-state index contributed by atoms with van der Waals surface area (Å²) in [6, 6.07) is 20.1. The van der Waals surface area contributed by atoms with Gasteiger partial charge in [0.1, 0.15) is 6.04 Å². The molecule has 5 N–H and O–H groups in total. The van der Waals surface area contributed by atoms with Gasteiger partial charge in [0.2, 0.25) is 17.7 Å². The van der Waals surface area contributed by atoms with Crippen LogP contribution < -0.4 is 21.3 Å². The number of rotatable bonds is 8. The minimum atomic E-state index is -1.28. The molecular formula is C32H34N6O5. The molecule has 0 aliphatic carbocycles. The van der Waals surface area contributed by atoms with E-state index in [1.807, 2.05) is 18.2 Å². The zero-order chi connectivity index (χ0) is 30.1. The number of nitrogens with one attached hydrogen (secondary N) is 2. The maximum absolute atomic E-state index is 13.1. The van der Waals surface area contributed by atoms with E-state index in [-0.39, 0.29) is 18.7 Å². The largest absolute Gasteiger partial charge is 0.381 e. The summed E-state index contributed by atoms with van der Waals surface area (Å²) in [5, 5.41) is 16.7. The van der Waals surface area contributed by atoms with Gasteiger partial charge in [0, 0.05) is 73.8 Å². The SMILES string of the molecule is NC(=O)c1ccc(N2CCN(Cc3ccc(CNc4cccc5c4C(O)N(C4CCC(=O)NC4=O)C5=O)cc3)CC2)cc1. The van der Waals surface area contributed by atoms with Crippen LogP contribution in [0.3, 0.4) is 0 Å². The molecule has 0 saturated carbocycles. The number of benzene rings is 3. The first-order valence-corrected chi connectivity index (χ1v) is 14.4. The molecular weight excluding hydrogens is 548 g/mol. The van der Waals surface area contributed by atoms with Gasteiger partial charge in [-0.05, 0) is 53.9 Å². The lowest BCUT2D eigenvalue weighted by molar-refractivity contribution is -0.139. The normalized spacial score (nSPS) is 20.6. The summed E-state index contributed by atoms with van der Waals surface area (Å²) in [4.78, 5) is 54.4. The van der Waals surface area contributed by atoms with Crippen molar-refractivity contribution in [3.63, 3.8) is 0 Å². The molecule has 3 aromatic rings. The summed E-state index contributed by atoms with van der Waals surface area (Å²) in [6.07, 6.45) is -0.986. The average Bonchev–Trinajstić information content (AvgIpc) is 3.27. The first kappa shape index (κ1) is 28.4. The second-order valence-electron chi connectivity index (χ2n) is 11.2. The Labute approximate surface area is 249 Å². The molecule has 43 heavy (non-hydrogen) atoms. The molecule has 3 aromatic carbocycles. The van der Waals surface area contributed by atoms with E-state index in [1.165, 1.54) is 10.5 Å². The van der Waals surface area contributed by atoms with Crippen molar-refractivity contribution in [3.05, 3.63) is 94.5 Å². The number of fused-ring (bicyclic) bond motifs is 1. The molecule has 0 bridgehead atoms. The fourth-order valence-corrected chi connectivity index (χ4v) is 6.05. The molecule has 6 rings (SSSR count). The van der Waals surface area contributed by atoms with Crippen LogP contribution in [-0.4, -0.2) is 70.8 Å². The number of aliphatic hydroxyl groups is 1. The molecule has 3 aliphatic heterocycles. The summed E-state index contributed by atoms with van der Waals surface area (Å²) < 4.78 is 0. The first-order chi connectivity index (χ1) is 20.8. The number of primary amides is 1. The number of hydrogen-bond acceptors (Lipinski definition) is 8. The van der Waals surface area contributed by atoms with Gasteiger partial charge >= 0.3 is 0 Å². The minimum Gasteiger partial charge on any atom is -0.381 e. The van der Waals surface area contributed by atoms with Crippen molar-refractivity contribution in [2.24, 2.45) is 5.73 Å². The van der Waals surface area contributed by atoms with Crippen molar-refractivity contribution in [1.29, 1.82) is 0 Å². The zero-order valence-corrected chi connectivity index (χ0v) is 23.7. The molecule has 11 nitrogen and oxygen atoms in total. The predicted molar refractivity (Wildman–Crippen MR) is 160 cm³/mol. The predicted octanol–water partition coefficient (Wildman–Crippen LogP) is 1.97. The van der Waals surface area contributed by atoms with Crippen LogP contribution >= 0.6 is 0 Å². The standard InChI is InChI=1S/C32H34N6O5/c33-29(40)22-8-10-23(11-9-22)37-16-14-36(15-17-37)19-21-6-4-20(5-7-21)18-34-25-3-1-2-24-28(25)32(43)38(31(24)42)26-12-13-27(39)35-30(26)41/h1-11,26,32,34,43H,12-19H2,(H2,33,40)(H,35,39,41). The molecule has 0 radical (unpaired) electrons. The molecule has 0 spiro atoms. The van der Waals surface area contributed by atoms with E-state index in [0.717, 1.165) is 44.0 Å². The first-order valence-electron chi connectivity index (χ1n) is 14.4. The van der Waals surface area contributed by atoms with Gasteiger partial charge in [-0.15, -0.1) is 0 Å². The van der Waals surface area contributed by atoms with Crippen LogP contribution in [0, 0.1) is 0 Å². The third kappa shape index (κ3) is 5.81. The number of imide groups is 1. The molecule has 11 heteroatoms. The third-order valence-electron chi connectivity index (χ3n) is 8.44. The average molecular weight is 583 g/mol. The van der Waals surface area contributed by atoms with Crippen LogP contribution in [0.15, 0.2) is 66.7 Å². The molecule has 2 saturated heterocycles. The third-order valence-corrected chi connectivity index (χ3v) is 8.44. The maximum atomic E-state index is 13.1. The molecule has 3 heterocycles. The number of amides is 4. The Balaban J connectivity index is 1.03. The number of nitrogens with two attached hydrogens (primary N) is 1. The van der Waals surface area contributed by atoms with Crippen molar-refractivity contribution >= 4 is 35.0 Å². The summed E-state index contributed by atoms with van der Waals surface area (Å²) in [7, 11) is 0. The topological polar surface area (TPSA) is 148 Å². The number of piperidine rings is 1. The van der Waals surface area contributed by atoms with Gasteiger partial charge in [0.15, 0.2) is 6.23 Å². The summed E-state index contributed by atoms with van der Waals surface area (Å²) in [5.74, 6) is -1.78. The smallest absolute Gasteiger partial charge is 0.257 e. The van der Waals surface area contributed by atoms with E-state index in [2.05, 4.69) is 44.7 Å². The number of carbonyl (C=O) groups is 4. The Morgan fingerprint density at radius 2 is 1.63 bits per heavy atom. The Bertz CT molecular complexity index is 1550. The number of hydrogen-bond donors (Lipinski definition) is 4. The van der Waals surface area contributed by atoms with Crippen molar-refractivity contribution in [2.45, 2.75) is 38.2 Å². The Kier molecular flexibility index (Phi) is 7.83. The molecule has 3 aliphatic rings. The van der Waals surface area contributed by atoms with Crippen molar-refractivity contribution in [2.75, 3.05) is 36.4 Å². The van der Waals surface area contributed by atoms with Crippen molar-refractivity contribution in [3.8, 4) is 0 Å². The molecule has 2 atom stereocenters. The molecule has 0 aromatic heterocycles. The van der Waals surface area contributed by atoms with Crippen LogP contribution in [0.25, 0.3) is 0 Å². The van der Waals surface area contributed by atoms with Gasteiger partial charge in [-0.2, -0.15) is 0 Å². The van der Waals surface area contributed by atoms with E-state index in [1.54, 1.807) is 24.3 Å². The van der Waals surface area contributed by atoms with Crippen LogP contribution in [0.5, 0.6) is 0 Å². The number of anilines is 2. The van der Waals surface area contributed by atoms with Gasteiger partial charge in [0.25, 0.3) is 5.91 Å². The highest BCUT2D eigenvalue weighted by Crippen LogP contribution is 2.39. The maximum Gasteiger partial charge on any atom is 0.257 e. The fraction of sp³-hybridized carbons (Fsp3) is 0.312. The van der Waals surface area contributed by atoms with Crippen LogP contribution in [0.4, 0.5) is 11.4 Å².